The van der Waals surface area contributed by atoms with E-state index in [0.29, 0.717) is 17.7 Å². The molecule has 0 saturated carbocycles. The zero-order chi connectivity index (χ0) is 17.5. The summed E-state index contributed by atoms with van der Waals surface area (Å²) in [7, 11) is 0. The van der Waals surface area contributed by atoms with E-state index in [-0.39, 0.29) is 11.8 Å². The van der Waals surface area contributed by atoms with Gasteiger partial charge in [0.15, 0.2) is 0 Å². The van der Waals surface area contributed by atoms with Gasteiger partial charge in [-0.25, -0.2) is 0 Å². The fraction of sp³-hybridized carbons (Fsp3) is 0.333. The fourth-order valence-electron chi connectivity index (χ4n) is 3.05. The maximum atomic E-state index is 12.2. The highest BCUT2D eigenvalue weighted by atomic mass is 32.2. The predicted octanol–water partition coefficient (Wildman–Crippen LogP) is 5.03. The van der Waals surface area contributed by atoms with Gasteiger partial charge in [-0.2, -0.15) is 0 Å². The topological polar surface area (TPSA) is 37.4 Å². The van der Waals surface area contributed by atoms with Gasteiger partial charge in [-0.05, 0) is 42.9 Å². The Morgan fingerprint density at radius 2 is 1.24 bits per heavy atom. The third-order valence-corrected chi connectivity index (χ3v) is 5.51. The number of rotatable bonds is 9. The molecular formula is C21H23NO2S. The molecule has 0 atom stereocenters. The number of imide groups is 1. The molecule has 1 heterocycles. The molecule has 130 valence electrons. The summed E-state index contributed by atoms with van der Waals surface area (Å²) in [5.41, 5.74) is 1.09. The fourth-order valence-corrected chi connectivity index (χ4v) is 3.99. The summed E-state index contributed by atoms with van der Waals surface area (Å²) in [6.07, 6.45) is 5.49. The van der Waals surface area contributed by atoms with E-state index in [4.69, 9.17) is 0 Å². The Morgan fingerprint density at radius 3 is 1.92 bits per heavy atom. The molecule has 2 aromatic carbocycles. The molecule has 0 aromatic heterocycles. The van der Waals surface area contributed by atoms with Crippen molar-refractivity contribution in [2.45, 2.75) is 37.0 Å². The molecule has 1 aliphatic heterocycles. The maximum Gasteiger partial charge on any atom is 0.261 e. The number of fused-ring (bicyclic) bond motifs is 1. The summed E-state index contributed by atoms with van der Waals surface area (Å²) in [5, 5.41) is 0. The normalized spacial score (nSPS) is 13.4. The zero-order valence-corrected chi connectivity index (χ0v) is 15.1. The molecule has 1 aliphatic rings. The Balaban J connectivity index is 1.29. The third-order valence-electron chi connectivity index (χ3n) is 4.42. The molecule has 0 aliphatic carbocycles. The van der Waals surface area contributed by atoms with Gasteiger partial charge in [0, 0.05) is 11.4 Å². The number of benzene rings is 2. The number of carbonyl (C=O) groups excluding carboxylic acids is 2. The van der Waals surface area contributed by atoms with E-state index >= 15 is 0 Å². The zero-order valence-electron chi connectivity index (χ0n) is 14.3. The average Bonchev–Trinajstić information content (AvgIpc) is 2.90. The predicted molar refractivity (Wildman–Crippen MR) is 102 cm³/mol. The molecule has 25 heavy (non-hydrogen) atoms. The first-order valence-electron chi connectivity index (χ1n) is 8.90. The summed E-state index contributed by atoms with van der Waals surface area (Å²) in [6, 6.07) is 17.6. The number of unbranched alkanes of at least 4 members (excludes halogenated alkanes) is 4. The molecule has 0 unspecified atom stereocenters. The van der Waals surface area contributed by atoms with E-state index < -0.39 is 0 Å². The van der Waals surface area contributed by atoms with Gasteiger partial charge in [-0.3, -0.25) is 14.5 Å². The van der Waals surface area contributed by atoms with Crippen molar-refractivity contribution in [3.8, 4) is 0 Å². The molecule has 4 heteroatoms. The average molecular weight is 353 g/mol. The number of nitrogens with zero attached hydrogens (tertiary/aromatic N) is 1. The van der Waals surface area contributed by atoms with Gasteiger partial charge >= 0.3 is 0 Å². The second kappa shape index (κ2) is 8.86. The van der Waals surface area contributed by atoms with Crippen LogP contribution >= 0.6 is 11.8 Å². The lowest BCUT2D eigenvalue weighted by Crippen LogP contribution is -2.30. The van der Waals surface area contributed by atoms with E-state index in [0.717, 1.165) is 25.0 Å². The number of hydrogen-bond donors (Lipinski definition) is 0. The first-order valence-corrected chi connectivity index (χ1v) is 9.89. The first-order chi connectivity index (χ1) is 12.3. The van der Waals surface area contributed by atoms with Gasteiger partial charge in [0.2, 0.25) is 0 Å². The first kappa shape index (κ1) is 17.7. The maximum absolute atomic E-state index is 12.2. The van der Waals surface area contributed by atoms with Crippen LogP contribution in [0.3, 0.4) is 0 Å². The lowest BCUT2D eigenvalue weighted by atomic mass is 10.1. The molecule has 2 aromatic rings. The standard InChI is InChI=1S/C21H23NO2S/c23-20-18-13-7-8-14-19(18)21(24)22(20)15-9-2-1-3-10-16-25-17-11-5-4-6-12-17/h4-8,11-14H,1-3,9-10,15-16H2. The minimum Gasteiger partial charge on any atom is -0.274 e. The van der Waals surface area contributed by atoms with Crippen LogP contribution in [-0.4, -0.2) is 29.0 Å². The van der Waals surface area contributed by atoms with Crippen molar-refractivity contribution in [1.82, 2.24) is 4.90 Å². The van der Waals surface area contributed by atoms with E-state index in [9.17, 15) is 9.59 Å². The van der Waals surface area contributed by atoms with Gasteiger partial charge < -0.3 is 0 Å². The van der Waals surface area contributed by atoms with Gasteiger partial charge in [0.1, 0.15) is 0 Å². The van der Waals surface area contributed by atoms with E-state index in [1.165, 1.54) is 22.6 Å². The van der Waals surface area contributed by atoms with Crippen molar-refractivity contribution >= 4 is 23.6 Å². The molecule has 2 amide bonds. The van der Waals surface area contributed by atoms with Crippen molar-refractivity contribution in [3.63, 3.8) is 0 Å². The highest BCUT2D eigenvalue weighted by molar-refractivity contribution is 7.99. The minimum atomic E-state index is -0.139. The van der Waals surface area contributed by atoms with Crippen molar-refractivity contribution in [1.29, 1.82) is 0 Å². The minimum absolute atomic E-state index is 0.139. The number of amides is 2. The molecule has 0 bridgehead atoms. The summed E-state index contributed by atoms with van der Waals surface area (Å²) in [5.74, 6) is 0.863. The van der Waals surface area contributed by atoms with Crippen molar-refractivity contribution < 1.29 is 9.59 Å². The van der Waals surface area contributed by atoms with Crippen LogP contribution in [0.5, 0.6) is 0 Å². The van der Waals surface area contributed by atoms with Gasteiger partial charge in [-0.15, -0.1) is 11.8 Å². The van der Waals surface area contributed by atoms with Crippen LogP contribution in [-0.2, 0) is 0 Å². The summed E-state index contributed by atoms with van der Waals surface area (Å²) in [6.45, 7) is 0.533. The Bertz CT molecular complexity index is 695. The largest absolute Gasteiger partial charge is 0.274 e. The number of hydrogen-bond acceptors (Lipinski definition) is 3. The molecule has 0 N–H and O–H groups in total. The van der Waals surface area contributed by atoms with Crippen molar-refractivity contribution in [3.05, 3.63) is 65.7 Å². The highest BCUT2D eigenvalue weighted by Crippen LogP contribution is 2.23. The van der Waals surface area contributed by atoms with E-state index in [2.05, 4.69) is 24.3 Å². The third kappa shape index (κ3) is 4.51. The molecule has 0 radical (unpaired) electrons. The molecule has 0 spiro atoms. The van der Waals surface area contributed by atoms with Crippen LogP contribution in [0.4, 0.5) is 0 Å². The SMILES string of the molecule is O=C1c2ccccc2C(=O)N1CCCCCCCSc1ccccc1. The van der Waals surface area contributed by atoms with Gasteiger partial charge in [0.05, 0.1) is 11.1 Å². The second-order valence-electron chi connectivity index (χ2n) is 6.24. The molecular weight excluding hydrogens is 330 g/mol. The van der Waals surface area contributed by atoms with Crippen LogP contribution in [0, 0.1) is 0 Å². The summed E-state index contributed by atoms with van der Waals surface area (Å²) in [4.78, 5) is 27.2. The Kier molecular flexibility index (Phi) is 6.29. The van der Waals surface area contributed by atoms with Gasteiger partial charge in [0.25, 0.3) is 11.8 Å². The van der Waals surface area contributed by atoms with Gasteiger partial charge in [-0.1, -0.05) is 49.6 Å². The second-order valence-corrected chi connectivity index (χ2v) is 7.41. The molecule has 3 rings (SSSR count). The van der Waals surface area contributed by atoms with Crippen LogP contribution in [0.2, 0.25) is 0 Å². The molecule has 0 fully saturated rings. The van der Waals surface area contributed by atoms with E-state index in [1.54, 1.807) is 24.3 Å². The Labute approximate surface area is 153 Å². The van der Waals surface area contributed by atoms with Crippen LogP contribution in [0.25, 0.3) is 0 Å². The molecule has 3 nitrogen and oxygen atoms in total. The van der Waals surface area contributed by atoms with Crippen molar-refractivity contribution in [2.75, 3.05) is 12.3 Å². The van der Waals surface area contributed by atoms with Crippen LogP contribution in [0.15, 0.2) is 59.5 Å². The van der Waals surface area contributed by atoms with E-state index in [1.807, 2.05) is 17.8 Å². The lowest BCUT2D eigenvalue weighted by Gasteiger charge is -2.13. The number of thioether (sulfide) groups is 1. The Morgan fingerprint density at radius 1 is 0.680 bits per heavy atom. The summed E-state index contributed by atoms with van der Waals surface area (Å²) >= 11 is 1.90. The lowest BCUT2D eigenvalue weighted by molar-refractivity contribution is 0.0651. The van der Waals surface area contributed by atoms with Crippen molar-refractivity contribution in [2.24, 2.45) is 0 Å². The van der Waals surface area contributed by atoms with Crippen LogP contribution < -0.4 is 0 Å². The Hall–Kier alpha value is -2.07. The molecule has 0 saturated heterocycles. The highest BCUT2D eigenvalue weighted by Gasteiger charge is 2.34. The van der Waals surface area contributed by atoms with Crippen LogP contribution in [0.1, 0.15) is 52.8 Å². The monoisotopic (exact) mass is 353 g/mol. The quantitative estimate of drug-likeness (QED) is 0.361. The summed E-state index contributed by atoms with van der Waals surface area (Å²) < 4.78 is 0. The number of carbonyl (C=O) groups is 2. The smallest absolute Gasteiger partial charge is 0.261 e.